The van der Waals surface area contributed by atoms with E-state index in [-0.39, 0.29) is 0 Å². The minimum absolute atomic E-state index is 0.394. The van der Waals surface area contributed by atoms with Crippen molar-refractivity contribution in [2.45, 2.75) is 60.4 Å². The summed E-state index contributed by atoms with van der Waals surface area (Å²) in [6, 6.07) is 15.6. The van der Waals surface area contributed by atoms with E-state index in [9.17, 15) is 4.79 Å². The van der Waals surface area contributed by atoms with Gasteiger partial charge in [-0.25, -0.2) is 14.5 Å². The van der Waals surface area contributed by atoms with Crippen molar-refractivity contribution < 1.29 is 9.53 Å². The number of urea groups is 1. The Kier molecular flexibility index (Phi) is 8.01. The van der Waals surface area contributed by atoms with Gasteiger partial charge in [-0.2, -0.15) is 5.10 Å². The van der Waals surface area contributed by atoms with Crippen LogP contribution in [-0.2, 0) is 13.0 Å². The molecule has 3 heterocycles. The van der Waals surface area contributed by atoms with E-state index in [1.54, 1.807) is 0 Å². The van der Waals surface area contributed by atoms with Crippen LogP contribution >= 0.6 is 0 Å². The average Bonchev–Trinajstić information content (AvgIpc) is 3.30. The molecule has 0 fully saturated rings. The van der Waals surface area contributed by atoms with Crippen LogP contribution in [0.15, 0.2) is 54.7 Å². The molecule has 3 N–H and O–H groups in total. The zero-order valence-electron chi connectivity index (χ0n) is 24.9. The molecule has 214 valence electrons. The lowest BCUT2D eigenvalue weighted by molar-refractivity contribution is 0.259. The fourth-order valence-electron chi connectivity index (χ4n) is 5.38. The van der Waals surface area contributed by atoms with E-state index in [2.05, 4.69) is 68.6 Å². The number of carbonyl (C=O) groups excluding carboxylic acids is 1. The molecule has 0 aliphatic carbocycles. The number of aryl methyl sites for hydroxylation is 2. The SMILES string of the molecule is Cc1cc(C(C)C)cnc1N1CCc2nn(-c3c(C)cccc3OCC(C)C)c(-c3ccc(NC(N)=O)cc3)c2C1. The predicted molar refractivity (Wildman–Crippen MR) is 165 cm³/mol. The number of fused-ring (bicyclic) bond motifs is 1. The number of nitrogens with zero attached hydrogens (tertiary/aromatic N) is 4. The first kappa shape index (κ1) is 28.2. The number of rotatable bonds is 8. The highest BCUT2D eigenvalue weighted by atomic mass is 16.5. The number of anilines is 2. The number of aromatic nitrogens is 3. The molecule has 0 spiro atoms. The second-order valence-corrected chi connectivity index (χ2v) is 11.6. The summed E-state index contributed by atoms with van der Waals surface area (Å²) < 4.78 is 8.37. The third-order valence-corrected chi connectivity index (χ3v) is 7.48. The van der Waals surface area contributed by atoms with E-state index in [4.69, 9.17) is 20.6 Å². The molecule has 4 aromatic rings. The van der Waals surface area contributed by atoms with Crippen LogP contribution in [0.3, 0.4) is 0 Å². The topological polar surface area (TPSA) is 98.3 Å². The van der Waals surface area contributed by atoms with Gasteiger partial charge >= 0.3 is 6.03 Å². The van der Waals surface area contributed by atoms with E-state index in [0.717, 1.165) is 52.7 Å². The summed E-state index contributed by atoms with van der Waals surface area (Å²) in [5, 5.41) is 7.86. The number of para-hydroxylation sites is 1. The van der Waals surface area contributed by atoms with Crippen LogP contribution in [0.4, 0.5) is 16.3 Å². The number of pyridine rings is 1. The standard InChI is InChI=1S/C33H40N6O2/c1-20(2)19-41-29-9-7-8-22(5)30(29)39-31(24-10-12-26(13-11-24)36-33(34)40)27-18-38(15-14-28(27)37-39)32-23(6)16-25(17-35-32)21(3)4/h7-13,16-17,20-21H,14-15,18-19H2,1-6H3,(H3,34,36,40). The molecular weight excluding hydrogens is 512 g/mol. The van der Waals surface area contributed by atoms with Crippen LogP contribution in [0.2, 0.25) is 0 Å². The van der Waals surface area contributed by atoms with Crippen molar-refractivity contribution in [1.29, 1.82) is 0 Å². The van der Waals surface area contributed by atoms with Crippen molar-refractivity contribution in [2.75, 3.05) is 23.4 Å². The Hall–Kier alpha value is -4.33. The first-order valence-corrected chi connectivity index (χ1v) is 14.3. The maximum Gasteiger partial charge on any atom is 0.316 e. The fourth-order valence-corrected chi connectivity index (χ4v) is 5.38. The van der Waals surface area contributed by atoms with Gasteiger partial charge in [-0.3, -0.25) is 0 Å². The van der Waals surface area contributed by atoms with Gasteiger partial charge in [0.2, 0.25) is 0 Å². The first-order valence-electron chi connectivity index (χ1n) is 14.3. The number of nitrogens with two attached hydrogens (primary N) is 1. The van der Waals surface area contributed by atoms with Crippen molar-refractivity contribution in [2.24, 2.45) is 11.7 Å². The number of benzene rings is 2. The zero-order valence-corrected chi connectivity index (χ0v) is 24.9. The van der Waals surface area contributed by atoms with Crippen molar-refractivity contribution in [1.82, 2.24) is 14.8 Å². The van der Waals surface area contributed by atoms with Gasteiger partial charge < -0.3 is 20.7 Å². The summed E-state index contributed by atoms with van der Waals surface area (Å²) in [6.45, 7) is 15.1. The van der Waals surface area contributed by atoms with Crippen molar-refractivity contribution >= 4 is 17.5 Å². The van der Waals surface area contributed by atoms with E-state index < -0.39 is 6.03 Å². The second kappa shape index (κ2) is 11.6. The van der Waals surface area contributed by atoms with Gasteiger partial charge in [0.1, 0.15) is 17.3 Å². The molecule has 1 aliphatic heterocycles. The molecule has 41 heavy (non-hydrogen) atoms. The van der Waals surface area contributed by atoms with Gasteiger partial charge in [0.25, 0.3) is 0 Å². The lowest BCUT2D eigenvalue weighted by atomic mass is 9.99. The summed E-state index contributed by atoms with van der Waals surface area (Å²) in [5.41, 5.74) is 14.7. The first-order chi connectivity index (χ1) is 19.6. The van der Waals surface area contributed by atoms with Gasteiger partial charge in [0.15, 0.2) is 0 Å². The summed E-state index contributed by atoms with van der Waals surface area (Å²) in [4.78, 5) is 18.7. The van der Waals surface area contributed by atoms with Crippen LogP contribution in [0, 0.1) is 19.8 Å². The Balaban J connectivity index is 1.63. The number of amides is 2. The normalized spacial score (nSPS) is 13.0. The molecule has 0 bridgehead atoms. The van der Waals surface area contributed by atoms with Gasteiger partial charge in [-0.05, 0) is 60.6 Å². The van der Waals surface area contributed by atoms with E-state index >= 15 is 0 Å². The number of carbonyl (C=O) groups is 1. The number of hydrogen-bond donors (Lipinski definition) is 2. The van der Waals surface area contributed by atoms with Crippen LogP contribution < -0.4 is 20.7 Å². The van der Waals surface area contributed by atoms with Crippen molar-refractivity contribution in [3.8, 4) is 22.7 Å². The highest BCUT2D eigenvalue weighted by Crippen LogP contribution is 2.38. The summed E-state index contributed by atoms with van der Waals surface area (Å²) in [6.07, 6.45) is 2.81. The van der Waals surface area contributed by atoms with E-state index in [1.807, 2.05) is 42.6 Å². The molecule has 8 heteroatoms. The predicted octanol–water partition coefficient (Wildman–Crippen LogP) is 6.76. The minimum Gasteiger partial charge on any atom is -0.491 e. The molecule has 2 amide bonds. The van der Waals surface area contributed by atoms with E-state index in [1.165, 1.54) is 16.7 Å². The highest BCUT2D eigenvalue weighted by Gasteiger charge is 2.29. The molecule has 0 radical (unpaired) electrons. The number of ether oxygens (including phenoxy) is 1. The molecule has 0 saturated carbocycles. The Morgan fingerprint density at radius 2 is 1.83 bits per heavy atom. The van der Waals surface area contributed by atoms with Gasteiger partial charge in [-0.15, -0.1) is 0 Å². The van der Waals surface area contributed by atoms with Crippen molar-refractivity contribution in [3.63, 3.8) is 0 Å². The van der Waals surface area contributed by atoms with E-state index in [0.29, 0.717) is 30.7 Å². The second-order valence-electron chi connectivity index (χ2n) is 11.6. The monoisotopic (exact) mass is 552 g/mol. The molecule has 1 aliphatic rings. The molecule has 5 rings (SSSR count). The Bertz CT molecular complexity index is 1550. The van der Waals surface area contributed by atoms with Crippen LogP contribution in [0.5, 0.6) is 5.75 Å². The molecule has 8 nitrogen and oxygen atoms in total. The third-order valence-electron chi connectivity index (χ3n) is 7.48. The summed E-state index contributed by atoms with van der Waals surface area (Å²) >= 11 is 0. The maximum absolute atomic E-state index is 11.4. The zero-order chi connectivity index (χ0) is 29.3. The van der Waals surface area contributed by atoms with Crippen LogP contribution in [0.25, 0.3) is 16.9 Å². The fraction of sp³-hybridized carbons (Fsp3) is 0.364. The maximum atomic E-state index is 11.4. The minimum atomic E-state index is -0.589. The Labute approximate surface area is 242 Å². The molecular formula is C33H40N6O2. The lowest BCUT2D eigenvalue weighted by Gasteiger charge is -2.29. The quantitative estimate of drug-likeness (QED) is 0.252. The largest absolute Gasteiger partial charge is 0.491 e. The number of nitrogens with one attached hydrogen (secondary N) is 1. The van der Waals surface area contributed by atoms with Gasteiger partial charge in [0.05, 0.1) is 18.0 Å². The van der Waals surface area contributed by atoms with Crippen LogP contribution in [-0.4, -0.2) is 33.9 Å². The molecule has 2 aromatic heterocycles. The molecule has 2 aromatic carbocycles. The van der Waals surface area contributed by atoms with Crippen molar-refractivity contribution in [3.05, 3.63) is 82.7 Å². The summed E-state index contributed by atoms with van der Waals surface area (Å²) in [5.74, 6) is 2.65. The highest BCUT2D eigenvalue weighted by molar-refractivity contribution is 5.88. The lowest BCUT2D eigenvalue weighted by Crippen LogP contribution is -2.31. The van der Waals surface area contributed by atoms with Gasteiger partial charge in [0, 0.05) is 42.5 Å². The third kappa shape index (κ3) is 5.92. The Morgan fingerprint density at radius 3 is 2.49 bits per heavy atom. The smallest absolute Gasteiger partial charge is 0.316 e. The molecule has 0 unspecified atom stereocenters. The summed E-state index contributed by atoms with van der Waals surface area (Å²) in [7, 11) is 0. The number of primary amides is 1. The molecule has 0 atom stereocenters. The number of hydrogen-bond acceptors (Lipinski definition) is 5. The molecule has 0 saturated heterocycles. The van der Waals surface area contributed by atoms with Gasteiger partial charge in [-0.1, -0.05) is 58.0 Å². The Morgan fingerprint density at radius 1 is 1.07 bits per heavy atom. The average molecular weight is 553 g/mol. The van der Waals surface area contributed by atoms with Crippen LogP contribution in [0.1, 0.15) is 61.6 Å².